The minimum Gasteiger partial charge on any atom is -0.426 e. The van der Waals surface area contributed by atoms with Gasteiger partial charge in [0, 0.05) is 0 Å². The molecule has 25 heavy (non-hydrogen) atoms. The van der Waals surface area contributed by atoms with E-state index in [1.54, 1.807) is 0 Å². The average Bonchev–Trinajstić information content (AvgIpc) is 3.13. The number of benzene rings is 2. The molecule has 1 unspecified atom stereocenters. The molecular weight excluding hydrogens is 337 g/mol. The predicted molar refractivity (Wildman–Crippen MR) is 94.4 cm³/mol. The van der Waals surface area contributed by atoms with Gasteiger partial charge in [-0.1, -0.05) is 31.2 Å². The summed E-state index contributed by atoms with van der Waals surface area (Å²) in [4.78, 5) is 0. The Bertz CT molecular complexity index is 855. The summed E-state index contributed by atoms with van der Waals surface area (Å²) in [5.74, 6) is 0.648. The fraction of sp³-hybridized carbons (Fsp3) is 0.368. The summed E-state index contributed by atoms with van der Waals surface area (Å²) in [6.45, 7) is 2.64. The zero-order chi connectivity index (χ0) is 17.2. The van der Waals surface area contributed by atoms with Crippen LogP contribution in [0.4, 0.5) is 0 Å². The number of nitrogens with zero attached hydrogens (tertiary/aromatic N) is 1. The van der Waals surface area contributed by atoms with Crippen molar-refractivity contribution in [3.63, 3.8) is 0 Å². The molecule has 0 N–H and O–H groups in total. The Morgan fingerprint density at radius 1 is 1.08 bits per heavy atom. The molecule has 0 aromatic heterocycles. The maximum absolute atomic E-state index is 6.52. The molecular formula is C19H20NO4P. The van der Waals surface area contributed by atoms with Crippen molar-refractivity contribution in [2.45, 2.75) is 31.8 Å². The van der Waals surface area contributed by atoms with Crippen molar-refractivity contribution in [1.82, 2.24) is 4.67 Å². The van der Waals surface area contributed by atoms with Crippen LogP contribution in [-0.2, 0) is 21.9 Å². The lowest BCUT2D eigenvalue weighted by Crippen LogP contribution is -2.29. The summed E-state index contributed by atoms with van der Waals surface area (Å²) in [6.07, 6.45) is 0.865. The smallest absolute Gasteiger partial charge is 0.384 e. The molecule has 2 aromatic carbocycles. The van der Waals surface area contributed by atoms with Crippen LogP contribution in [0.1, 0.15) is 41.7 Å². The maximum atomic E-state index is 6.52. The molecule has 0 saturated carbocycles. The first kappa shape index (κ1) is 15.6. The Morgan fingerprint density at radius 3 is 2.52 bits per heavy atom. The second kappa shape index (κ2) is 5.42. The largest absolute Gasteiger partial charge is 0.426 e. The van der Waals surface area contributed by atoms with Crippen molar-refractivity contribution in [2.24, 2.45) is 0 Å². The Hall–Kier alpha value is -1.65. The van der Waals surface area contributed by atoms with Crippen LogP contribution in [0.25, 0.3) is 0 Å². The molecule has 2 aromatic rings. The number of rotatable bonds is 2. The fourth-order valence-corrected chi connectivity index (χ4v) is 4.91. The molecule has 3 atom stereocenters. The molecule has 5 nitrogen and oxygen atoms in total. The quantitative estimate of drug-likeness (QED) is 0.742. The van der Waals surface area contributed by atoms with Crippen LogP contribution in [0.15, 0.2) is 36.4 Å². The minimum absolute atomic E-state index is 0.0127. The standard InChI is InChI=1S/C19H20NO4P/c1-4-14-13-8-6-10-16-18(13)19(22-14)17-12(11-21-19)7-5-9-15(17)23-25(24-16)20(2)3/h5-10,14H,4,11H2,1-3H3/t14-,19-,25?/m0/s1. The summed E-state index contributed by atoms with van der Waals surface area (Å²) < 4.78 is 27.4. The third-order valence-corrected chi connectivity index (χ3v) is 6.32. The molecule has 0 radical (unpaired) electrons. The molecule has 3 aliphatic heterocycles. The summed E-state index contributed by atoms with van der Waals surface area (Å²) in [7, 11) is 2.68. The monoisotopic (exact) mass is 357 g/mol. The van der Waals surface area contributed by atoms with E-state index in [1.165, 1.54) is 0 Å². The lowest BCUT2D eigenvalue weighted by molar-refractivity contribution is -0.220. The molecule has 0 saturated heterocycles. The Kier molecular flexibility index (Phi) is 3.38. The minimum atomic E-state index is -1.25. The number of hydrogen-bond acceptors (Lipinski definition) is 5. The molecule has 6 heteroatoms. The third-order valence-electron chi connectivity index (χ3n) is 4.97. The van der Waals surface area contributed by atoms with Crippen LogP contribution in [0.2, 0.25) is 0 Å². The summed E-state index contributed by atoms with van der Waals surface area (Å²) in [5.41, 5.74) is 4.27. The topological polar surface area (TPSA) is 40.2 Å². The maximum Gasteiger partial charge on any atom is 0.384 e. The first-order chi connectivity index (χ1) is 12.1. The van der Waals surface area contributed by atoms with Gasteiger partial charge in [0.05, 0.1) is 23.8 Å². The lowest BCUT2D eigenvalue weighted by Gasteiger charge is -2.33. The van der Waals surface area contributed by atoms with Crippen LogP contribution < -0.4 is 9.05 Å². The van der Waals surface area contributed by atoms with Crippen molar-refractivity contribution < 1.29 is 18.5 Å². The van der Waals surface area contributed by atoms with E-state index in [2.05, 4.69) is 19.1 Å². The lowest BCUT2D eigenvalue weighted by atomic mass is 9.91. The molecule has 0 aliphatic carbocycles. The van der Waals surface area contributed by atoms with Crippen LogP contribution in [-0.4, -0.2) is 18.8 Å². The van der Waals surface area contributed by atoms with Gasteiger partial charge in [0.1, 0.15) is 11.5 Å². The van der Waals surface area contributed by atoms with Crippen molar-refractivity contribution in [3.8, 4) is 11.5 Å². The van der Waals surface area contributed by atoms with Gasteiger partial charge in [-0.3, -0.25) is 0 Å². The highest BCUT2D eigenvalue weighted by Gasteiger charge is 2.56. The Labute approximate surface area is 148 Å². The molecule has 130 valence electrons. The highest BCUT2D eigenvalue weighted by molar-refractivity contribution is 7.45. The van der Waals surface area contributed by atoms with Gasteiger partial charge in [-0.15, -0.1) is 0 Å². The summed E-state index contributed by atoms with van der Waals surface area (Å²) in [6, 6.07) is 12.2. The molecule has 5 rings (SSSR count). The average molecular weight is 357 g/mol. The van der Waals surface area contributed by atoms with E-state index in [9.17, 15) is 0 Å². The molecule has 3 aliphatic rings. The van der Waals surface area contributed by atoms with Crippen LogP contribution in [0.3, 0.4) is 0 Å². The van der Waals surface area contributed by atoms with Crippen LogP contribution >= 0.6 is 8.53 Å². The molecule has 1 spiro atoms. The summed E-state index contributed by atoms with van der Waals surface area (Å²) >= 11 is 0. The Morgan fingerprint density at radius 2 is 1.80 bits per heavy atom. The van der Waals surface area contributed by atoms with Gasteiger partial charge in [-0.2, -0.15) is 0 Å². The van der Waals surface area contributed by atoms with E-state index >= 15 is 0 Å². The van der Waals surface area contributed by atoms with Gasteiger partial charge in [-0.05, 0) is 43.8 Å². The van der Waals surface area contributed by atoms with Crippen molar-refractivity contribution in [2.75, 3.05) is 14.1 Å². The summed E-state index contributed by atoms with van der Waals surface area (Å²) in [5, 5.41) is 0. The van der Waals surface area contributed by atoms with E-state index in [0.29, 0.717) is 6.61 Å². The normalized spacial score (nSPS) is 28.6. The van der Waals surface area contributed by atoms with E-state index < -0.39 is 14.3 Å². The second-order valence-corrected chi connectivity index (χ2v) is 8.34. The van der Waals surface area contributed by atoms with Gasteiger partial charge < -0.3 is 18.5 Å². The first-order valence-electron chi connectivity index (χ1n) is 8.55. The zero-order valence-corrected chi connectivity index (χ0v) is 15.4. The second-order valence-electron chi connectivity index (χ2n) is 6.70. The van der Waals surface area contributed by atoms with Crippen molar-refractivity contribution in [1.29, 1.82) is 0 Å². The zero-order valence-electron chi connectivity index (χ0n) is 14.5. The number of ether oxygens (including phenoxy) is 2. The first-order valence-corrected chi connectivity index (χ1v) is 9.68. The van der Waals surface area contributed by atoms with Gasteiger partial charge >= 0.3 is 8.53 Å². The highest BCUT2D eigenvalue weighted by atomic mass is 31.2. The predicted octanol–water partition coefficient (Wildman–Crippen LogP) is 4.46. The number of hydrogen-bond donors (Lipinski definition) is 0. The van der Waals surface area contributed by atoms with Crippen LogP contribution in [0.5, 0.6) is 11.5 Å². The SMILES string of the molecule is CC[C@@H]1O[C@@]23OCc4cccc(c42)OP(N(C)C)Oc2cccc1c23. The molecule has 3 heterocycles. The Balaban J connectivity index is 1.82. The van der Waals surface area contributed by atoms with Gasteiger partial charge in [0.25, 0.3) is 0 Å². The molecule has 0 amide bonds. The van der Waals surface area contributed by atoms with Gasteiger partial charge in [0.15, 0.2) is 0 Å². The van der Waals surface area contributed by atoms with E-state index in [4.69, 9.17) is 18.5 Å². The highest BCUT2D eigenvalue weighted by Crippen LogP contribution is 2.62. The van der Waals surface area contributed by atoms with Crippen molar-refractivity contribution >= 4 is 8.53 Å². The van der Waals surface area contributed by atoms with Crippen LogP contribution in [0, 0.1) is 0 Å². The molecule has 0 fully saturated rings. The fourth-order valence-electron chi connectivity index (χ4n) is 3.91. The molecule has 0 bridgehead atoms. The van der Waals surface area contributed by atoms with E-state index in [0.717, 1.165) is 40.2 Å². The van der Waals surface area contributed by atoms with E-state index in [1.807, 2.05) is 43.0 Å². The van der Waals surface area contributed by atoms with Gasteiger partial charge in [0.2, 0.25) is 5.79 Å². The van der Waals surface area contributed by atoms with Crippen molar-refractivity contribution in [3.05, 3.63) is 58.7 Å². The van der Waals surface area contributed by atoms with E-state index in [-0.39, 0.29) is 6.10 Å². The third kappa shape index (κ3) is 2.04. The van der Waals surface area contributed by atoms with Gasteiger partial charge in [-0.25, -0.2) is 4.67 Å².